The molecule has 1 N–H and O–H groups in total. The van der Waals surface area contributed by atoms with Gasteiger partial charge >= 0.3 is 0 Å². The lowest BCUT2D eigenvalue weighted by Gasteiger charge is -2.22. The van der Waals surface area contributed by atoms with Crippen LogP contribution in [0.15, 0.2) is 24.3 Å². The predicted molar refractivity (Wildman–Crippen MR) is 79.6 cm³/mol. The van der Waals surface area contributed by atoms with Crippen LogP contribution in [0, 0.1) is 5.92 Å². The lowest BCUT2D eigenvalue weighted by molar-refractivity contribution is 0.265. The molecule has 1 aromatic rings. The second-order valence-corrected chi connectivity index (χ2v) is 5.80. The average Bonchev–Trinajstić information content (AvgIpc) is 2.30. The van der Waals surface area contributed by atoms with Gasteiger partial charge in [-0.3, -0.25) is 4.90 Å². The first-order chi connectivity index (χ1) is 8.50. The van der Waals surface area contributed by atoms with E-state index in [0.29, 0.717) is 12.0 Å². The molecular weight excluding hydrogens is 220 g/mol. The fourth-order valence-electron chi connectivity index (χ4n) is 1.83. The van der Waals surface area contributed by atoms with Gasteiger partial charge in [0, 0.05) is 19.1 Å². The van der Waals surface area contributed by atoms with E-state index in [1.54, 1.807) is 0 Å². The third-order valence-electron chi connectivity index (χ3n) is 3.29. The van der Waals surface area contributed by atoms with E-state index in [0.717, 1.165) is 19.6 Å². The van der Waals surface area contributed by atoms with Gasteiger partial charge in [0.15, 0.2) is 0 Å². The Morgan fingerprint density at radius 2 is 1.67 bits per heavy atom. The molecule has 0 bridgehead atoms. The molecule has 0 unspecified atom stereocenters. The van der Waals surface area contributed by atoms with Crippen molar-refractivity contribution in [2.24, 2.45) is 5.92 Å². The summed E-state index contributed by atoms with van der Waals surface area (Å²) >= 11 is 0. The Kier molecular flexibility index (Phi) is 6.37. The molecule has 0 amide bonds. The van der Waals surface area contributed by atoms with Gasteiger partial charge in [0.1, 0.15) is 0 Å². The lowest BCUT2D eigenvalue weighted by atomic mass is 10.1. The van der Waals surface area contributed by atoms with Gasteiger partial charge in [0.2, 0.25) is 0 Å². The summed E-state index contributed by atoms with van der Waals surface area (Å²) in [7, 11) is 2.18. The molecule has 0 aliphatic rings. The van der Waals surface area contributed by atoms with Crippen LogP contribution in [-0.4, -0.2) is 24.5 Å². The third-order valence-corrected chi connectivity index (χ3v) is 3.29. The quantitative estimate of drug-likeness (QED) is 0.796. The van der Waals surface area contributed by atoms with Gasteiger partial charge in [-0.1, -0.05) is 38.1 Å². The molecule has 18 heavy (non-hydrogen) atoms. The zero-order chi connectivity index (χ0) is 13.5. The summed E-state index contributed by atoms with van der Waals surface area (Å²) in [5.74, 6) is 0.704. The minimum absolute atomic E-state index is 0.585. The summed E-state index contributed by atoms with van der Waals surface area (Å²) in [5, 5.41) is 3.53. The van der Waals surface area contributed by atoms with E-state index in [-0.39, 0.29) is 0 Å². The molecule has 0 aliphatic heterocycles. The fourth-order valence-corrected chi connectivity index (χ4v) is 1.83. The summed E-state index contributed by atoms with van der Waals surface area (Å²) in [6, 6.07) is 9.32. The van der Waals surface area contributed by atoms with Gasteiger partial charge in [0.05, 0.1) is 0 Å². The molecule has 0 heterocycles. The Morgan fingerprint density at radius 3 is 2.22 bits per heavy atom. The molecule has 1 rings (SSSR count). The summed E-state index contributed by atoms with van der Waals surface area (Å²) in [5.41, 5.74) is 2.86. The van der Waals surface area contributed by atoms with Crippen molar-refractivity contribution >= 4 is 0 Å². The van der Waals surface area contributed by atoms with Crippen LogP contribution in [0.25, 0.3) is 0 Å². The van der Waals surface area contributed by atoms with Gasteiger partial charge in [0.25, 0.3) is 0 Å². The topological polar surface area (TPSA) is 15.3 Å². The van der Waals surface area contributed by atoms with Gasteiger partial charge in [-0.15, -0.1) is 0 Å². The molecule has 0 saturated carbocycles. The van der Waals surface area contributed by atoms with Crippen molar-refractivity contribution in [2.75, 3.05) is 13.6 Å². The highest BCUT2D eigenvalue weighted by molar-refractivity contribution is 5.27. The van der Waals surface area contributed by atoms with Crippen LogP contribution in [-0.2, 0) is 13.1 Å². The maximum Gasteiger partial charge on any atom is 0.0236 e. The molecule has 2 nitrogen and oxygen atoms in total. The Balaban J connectivity index is 2.61. The zero-order valence-electron chi connectivity index (χ0n) is 12.5. The van der Waals surface area contributed by atoms with E-state index in [9.17, 15) is 0 Å². The largest absolute Gasteiger partial charge is 0.312 e. The highest BCUT2D eigenvalue weighted by Gasteiger charge is 2.07. The fraction of sp³-hybridized carbons (Fsp3) is 0.625. The Bertz CT molecular complexity index is 345. The Labute approximate surface area is 112 Å². The van der Waals surface area contributed by atoms with E-state index in [4.69, 9.17) is 0 Å². The normalized spacial score (nSPS) is 11.8. The van der Waals surface area contributed by atoms with Gasteiger partial charge in [-0.05, 0) is 44.5 Å². The molecule has 0 aliphatic carbocycles. The van der Waals surface area contributed by atoms with Crippen molar-refractivity contribution in [3.63, 3.8) is 0 Å². The van der Waals surface area contributed by atoms with Crippen LogP contribution in [0.5, 0.6) is 0 Å². The van der Waals surface area contributed by atoms with Crippen molar-refractivity contribution in [1.29, 1.82) is 0 Å². The highest BCUT2D eigenvalue weighted by atomic mass is 15.1. The van der Waals surface area contributed by atoms with Crippen LogP contribution in [0.4, 0.5) is 0 Å². The summed E-state index contributed by atoms with van der Waals surface area (Å²) in [6.45, 7) is 12.0. The van der Waals surface area contributed by atoms with Crippen molar-refractivity contribution in [3.8, 4) is 0 Å². The number of nitrogens with one attached hydrogen (secondary N) is 1. The first-order valence-corrected chi connectivity index (χ1v) is 6.98. The summed E-state index contributed by atoms with van der Waals surface area (Å²) in [4.78, 5) is 2.38. The number of hydrogen-bond donors (Lipinski definition) is 1. The second-order valence-electron chi connectivity index (χ2n) is 5.80. The van der Waals surface area contributed by atoms with Gasteiger partial charge in [-0.25, -0.2) is 0 Å². The second kappa shape index (κ2) is 7.55. The first kappa shape index (κ1) is 15.2. The lowest BCUT2D eigenvalue weighted by Crippen LogP contribution is -2.27. The smallest absolute Gasteiger partial charge is 0.0236 e. The predicted octanol–water partition coefficient (Wildman–Crippen LogP) is 3.27. The number of nitrogens with zero attached hydrogens (tertiary/aromatic N) is 1. The molecular formula is C16H28N2. The van der Waals surface area contributed by atoms with Crippen molar-refractivity contribution in [1.82, 2.24) is 10.2 Å². The van der Waals surface area contributed by atoms with Crippen LogP contribution in [0.2, 0.25) is 0 Å². The van der Waals surface area contributed by atoms with E-state index in [2.05, 4.69) is 69.2 Å². The molecule has 1 aromatic carbocycles. The van der Waals surface area contributed by atoms with Gasteiger partial charge < -0.3 is 5.32 Å². The van der Waals surface area contributed by atoms with E-state index >= 15 is 0 Å². The third kappa shape index (κ3) is 5.19. The zero-order valence-corrected chi connectivity index (χ0v) is 12.5. The van der Waals surface area contributed by atoms with E-state index in [1.807, 2.05) is 0 Å². The van der Waals surface area contributed by atoms with E-state index < -0.39 is 0 Å². The molecule has 0 fully saturated rings. The molecule has 0 aromatic heterocycles. The van der Waals surface area contributed by atoms with Crippen LogP contribution in [0.3, 0.4) is 0 Å². The Morgan fingerprint density at radius 1 is 1.06 bits per heavy atom. The van der Waals surface area contributed by atoms with Crippen molar-refractivity contribution in [2.45, 2.75) is 46.8 Å². The molecule has 0 spiro atoms. The Hall–Kier alpha value is -0.860. The van der Waals surface area contributed by atoms with Gasteiger partial charge in [-0.2, -0.15) is 0 Å². The summed E-state index contributed by atoms with van der Waals surface area (Å²) in [6.07, 6.45) is 0. The molecule has 102 valence electrons. The number of benzene rings is 1. The number of hydrogen-bond acceptors (Lipinski definition) is 2. The monoisotopic (exact) mass is 248 g/mol. The molecule has 0 atom stereocenters. The van der Waals surface area contributed by atoms with Crippen molar-refractivity contribution < 1.29 is 0 Å². The first-order valence-electron chi connectivity index (χ1n) is 6.98. The maximum atomic E-state index is 3.53. The van der Waals surface area contributed by atoms with Crippen LogP contribution >= 0.6 is 0 Å². The minimum atomic E-state index is 0.585. The highest BCUT2D eigenvalue weighted by Crippen LogP contribution is 2.12. The maximum absolute atomic E-state index is 3.53. The van der Waals surface area contributed by atoms with Crippen molar-refractivity contribution in [3.05, 3.63) is 35.4 Å². The van der Waals surface area contributed by atoms with Crippen LogP contribution < -0.4 is 5.32 Å². The van der Waals surface area contributed by atoms with E-state index in [1.165, 1.54) is 11.1 Å². The molecule has 0 saturated heterocycles. The minimum Gasteiger partial charge on any atom is -0.312 e. The number of rotatable bonds is 7. The molecule has 0 radical (unpaired) electrons. The standard InChI is InChI=1S/C16H28N2/c1-13(2)10-17-11-15-8-6-7-9-16(15)12-18(5)14(3)4/h6-9,13-14,17H,10-12H2,1-5H3. The molecule has 2 heteroatoms. The average molecular weight is 248 g/mol. The SMILES string of the molecule is CC(C)CNCc1ccccc1CN(C)C(C)C. The van der Waals surface area contributed by atoms with Crippen LogP contribution in [0.1, 0.15) is 38.8 Å². The summed E-state index contributed by atoms with van der Waals surface area (Å²) < 4.78 is 0.